The Labute approximate surface area is 250 Å². The number of rotatable bonds is 13. The van der Waals surface area contributed by atoms with Crippen LogP contribution >= 0.6 is 7.75 Å². The lowest BCUT2D eigenvalue weighted by atomic mass is 9.65. The van der Waals surface area contributed by atoms with Gasteiger partial charge in [0.15, 0.2) is 0 Å². The highest BCUT2D eigenvalue weighted by molar-refractivity contribution is 7.52. The maximum absolute atomic E-state index is 14.0. The van der Waals surface area contributed by atoms with Crippen molar-refractivity contribution in [3.8, 4) is 5.75 Å². The van der Waals surface area contributed by atoms with Gasteiger partial charge in [0.1, 0.15) is 36.3 Å². The van der Waals surface area contributed by atoms with Crippen molar-refractivity contribution in [1.29, 1.82) is 0 Å². The highest BCUT2D eigenvalue weighted by atomic mass is 31.2. The molecule has 0 unspecified atom stereocenters. The van der Waals surface area contributed by atoms with Gasteiger partial charge in [-0.3, -0.25) is 28.5 Å². The Bertz CT molecular complexity index is 1430. The molecule has 1 fully saturated rings. The van der Waals surface area contributed by atoms with E-state index in [0.717, 1.165) is 10.6 Å². The highest BCUT2D eigenvalue weighted by Crippen LogP contribution is 2.52. The van der Waals surface area contributed by atoms with Crippen molar-refractivity contribution in [2.45, 2.75) is 83.5 Å². The van der Waals surface area contributed by atoms with E-state index in [-0.39, 0.29) is 11.7 Å². The average Bonchev–Trinajstić information content (AvgIpc) is 3.16. The van der Waals surface area contributed by atoms with Gasteiger partial charge in [-0.25, -0.2) is 9.36 Å². The minimum Gasteiger partial charge on any atom is -0.462 e. The molecule has 1 aliphatic rings. The van der Waals surface area contributed by atoms with Crippen molar-refractivity contribution in [3.63, 3.8) is 0 Å². The van der Waals surface area contributed by atoms with Crippen LogP contribution in [0.1, 0.15) is 47.8 Å². The molecular weight excluding hydrogens is 582 g/mol. The third-order valence-corrected chi connectivity index (χ3v) is 8.20. The number of benzene rings is 1. The molecule has 1 aliphatic heterocycles. The quantitative estimate of drug-likeness (QED) is 0.168. The van der Waals surface area contributed by atoms with E-state index in [4.69, 9.17) is 36.8 Å². The number of esters is 2. The number of carbonyl (C=O) groups is 2. The SMILES string of the molecule is [B][C@]1(C)[C@H](OC(=O)[C@@H](N)C(C)C)[C@@H](CO[P@@](=O)(N[C@@H](C)C(=O)OC(C)C)Oc2ccccc2)O[C@H]1n1ccc(=O)[nH]c1=O. The van der Waals surface area contributed by atoms with Gasteiger partial charge in [0, 0.05) is 17.6 Å². The van der Waals surface area contributed by atoms with Crippen LogP contribution in [-0.4, -0.2) is 66.3 Å². The Morgan fingerprint density at radius 2 is 1.79 bits per heavy atom. The fourth-order valence-corrected chi connectivity index (χ4v) is 5.72. The van der Waals surface area contributed by atoms with E-state index in [2.05, 4.69) is 10.1 Å². The van der Waals surface area contributed by atoms with Gasteiger partial charge in [0.2, 0.25) is 0 Å². The summed E-state index contributed by atoms with van der Waals surface area (Å²) in [6, 6.07) is 7.07. The fraction of sp³-hybridized carbons (Fsp3) is 0.556. The molecule has 234 valence electrons. The fourth-order valence-electron chi connectivity index (χ4n) is 4.21. The lowest BCUT2D eigenvalue weighted by Crippen LogP contribution is -2.45. The number of carbonyl (C=O) groups excluding carboxylic acids is 2. The van der Waals surface area contributed by atoms with Gasteiger partial charge in [0.05, 0.1) is 20.6 Å². The molecule has 14 nitrogen and oxygen atoms in total. The zero-order chi connectivity index (χ0) is 32.1. The standard InChI is InChI=1S/C27H38BN4O10P/c1-15(2)21(29)24(35)41-22-19(40-25(27(22,6)28)32-13-12-20(33)30-26(32)36)14-38-43(37,42-18-10-8-7-9-11-18)31-17(5)23(34)39-16(3)4/h7-13,15-17,19,21-22,25H,14,29H2,1-6H3,(H,31,37)(H,30,33,36)/t17-,19+,21-,22+,25+,27+,43-/m0/s1. The maximum atomic E-state index is 14.0. The van der Waals surface area contributed by atoms with E-state index in [1.807, 2.05) is 0 Å². The van der Waals surface area contributed by atoms with Gasteiger partial charge >= 0.3 is 25.4 Å². The molecule has 1 aromatic carbocycles. The first-order chi connectivity index (χ1) is 20.0. The van der Waals surface area contributed by atoms with E-state index in [0.29, 0.717) is 0 Å². The molecule has 43 heavy (non-hydrogen) atoms. The molecule has 0 spiro atoms. The Hall–Kier alpha value is -3.23. The Kier molecular flexibility index (Phi) is 11.2. The number of aromatic amines is 1. The normalized spacial score (nSPS) is 24.7. The van der Waals surface area contributed by atoms with Gasteiger partial charge in [-0.2, -0.15) is 5.09 Å². The second kappa shape index (κ2) is 14.0. The summed E-state index contributed by atoms with van der Waals surface area (Å²) in [5.41, 5.74) is 4.54. The summed E-state index contributed by atoms with van der Waals surface area (Å²) in [5.74, 6) is -1.59. The molecule has 3 rings (SSSR count). The summed E-state index contributed by atoms with van der Waals surface area (Å²) in [4.78, 5) is 51.8. The zero-order valence-electron chi connectivity index (χ0n) is 24.9. The van der Waals surface area contributed by atoms with Crippen molar-refractivity contribution in [2.75, 3.05) is 6.61 Å². The van der Waals surface area contributed by atoms with Crippen molar-refractivity contribution in [3.05, 3.63) is 63.4 Å². The molecule has 2 aromatic rings. The van der Waals surface area contributed by atoms with Crippen LogP contribution in [-0.2, 0) is 32.9 Å². The van der Waals surface area contributed by atoms with Crippen LogP contribution < -0.4 is 26.6 Å². The van der Waals surface area contributed by atoms with E-state index < -0.39 is 79.5 Å². The van der Waals surface area contributed by atoms with Crippen LogP contribution in [0.15, 0.2) is 52.2 Å². The maximum Gasteiger partial charge on any atom is 0.459 e. The number of aromatic nitrogens is 2. The molecule has 1 aromatic heterocycles. The molecule has 0 bridgehead atoms. The van der Waals surface area contributed by atoms with E-state index >= 15 is 0 Å². The third-order valence-electron chi connectivity index (χ3n) is 6.56. The molecule has 16 heteroatoms. The lowest BCUT2D eigenvalue weighted by Gasteiger charge is -2.33. The van der Waals surface area contributed by atoms with Gasteiger partial charge in [-0.1, -0.05) is 39.0 Å². The summed E-state index contributed by atoms with van der Waals surface area (Å²) >= 11 is 0. The topological polar surface area (TPSA) is 190 Å². The lowest BCUT2D eigenvalue weighted by molar-refractivity contribution is -0.156. The molecule has 2 radical (unpaired) electrons. The van der Waals surface area contributed by atoms with Crippen LogP contribution in [0.5, 0.6) is 5.75 Å². The van der Waals surface area contributed by atoms with Crippen molar-refractivity contribution >= 4 is 27.5 Å². The predicted molar refractivity (Wildman–Crippen MR) is 157 cm³/mol. The van der Waals surface area contributed by atoms with Crippen LogP contribution in [0, 0.1) is 5.92 Å². The number of nitrogens with zero attached hydrogens (tertiary/aromatic N) is 1. The van der Waals surface area contributed by atoms with Crippen LogP contribution in [0.2, 0.25) is 5.31 Å². The van der Waals surface area contributed by atoms with Gasteiger partial charge in [0.25, 0.3) is 5.56 Å². The van der Waals surface area contributed by atoms with Crippen LogP contribution in [0.4, 0.5) is 0 Å². The molecule has 0 amide bonds. The van der Waals surface area contributed by atoms with Crippen LogP contribution in [0.25, 0.3) is 0 Å². The first kappa shape index (κ1) is 34.3. The minimum atomic E-state index is -4.35. The minimum absolute atomic E-state index is 0.169. The summed E-state index contributed by atoms with van der Waals surface area (Å²) in [6.07, 6.45) is -2.99. The number of nitrogens with two attached hydrogens (primary N) is 1. The third kappa shape index (κ3) is 8.67. The monoisotopic (exact) mass is 620 g/mol. The Balaban J connectivity index is 1.94. The molecule has 1 saturated heterocycles. The number of para-hydroxylation sites is 1. The molecule has 7 atom stereocenters. The number of H-pyrrole nitrogens is 1. The highest BCUT2D eigenvalue weighted by Gasteiger charge is 2.54. The van der Waals surface area contributed by atoms with Gasteiger partial charge in [-0.15, -0.1) is 0 Å². The summed E-state index contributed by atoms with van der Waals surface area (Å²) in [5, 5.41) is 0.991. The van der Waals surface area contributed by atoms with Gasteiger partial charge < -0.3 is 24.5 Å². The number of nitrogens with one attached hydrogen (secondary N) is 2. The zero-order valence-corrected chi connectivity index (χ0v) is 25.8. The first-order valence-corrected chi connectivity index (χ1v) is 15.3. The van der Waals surface area contributed by atoms with Crippen LogP contribution in [0.3, 0.4) is 0 Å². The summed E-state index contributed by atoms with van der Waals surface area (Å²) < 4.78 is 43.4. The van der Waals surface area contributed by atoms with E-state index in [9.17, 15) is 23.7 Å². The van der Waals surface area contributed by atoms with E-state index in [1.165, 1.54) is 32.2 Å². The summed E-state index contributed by atoms with van der Waals surface area (Å²) in [6.45, 7) is 9.16. The molecular formula is C27H38BN4O10P. The Morgan fingerprint density at radius 1 is 1.14 bits per heavy atom. The molecule has 2 heterocycles. The predicted octanol–water partition coefficient (Wildman–Crippen LogP) is 1.81. The second-order valence-corrected chi connectivity index (χ2v) is 12.8. The van der Waals surface area contributed by atoms with E-state index in [1.54, 1.807) is 45.9 Å². The smallest absolute Gasteiger partial charge is 0.459 e. The van der Waals surface area contributed by atoms with Crippen molar-refractivity contribution < 1.29 is 37.4 Å². The number of hydrogen-bond donors (Lipinski definition) is 3. The molecule has 4 N–H and O–H groups in total. The first-order valence-electron chi connectivity index (χ1n) is 13.7. The number of ether oxygens (including phenoxy) is 3. The molecule has 0 saturated carbocycles. The second-order valence-electron chi connectivity index (χ2n) is 11.1. The van der Waals surface area contributed by atoms with Crippen molar-refractivity contribution in [1.82, 2.24) is 14.6 Å². The van der Waals surface area contributed by atoms with Crippen molar-refractivity contribution in [2.24, 2.45) is 11.7 Å². The van der Waals surface area contributed by atoms with Gasteiger partial charge in [-0.05, 0) is 38.8 Å². The Morgan fingerprint density at radius 3 is 2.37 bits per heavy atom. The average molecular weight is 620 g/mol. The summed E-state index contributed by atoms with van der Waals surface area (Å²) in [7, 11) is 2.28. The largest absolute Gasteiger partial charge is 0.462 e. The molecule has 0 aliphatic carbocycles. The number of hydrogen-bond acceptors (Lipinski definition) is 11.